The van der Waals surface area contributed by atoms with Gasteiger partial charge in [-0.3, -0.25) is 4.39 Å². The summed E-state index contributed by atoms with van der Waals surface area (Å²) in [6.45, 7) is 5.02. The van der Waals surface area contributed by atoms with Crippen LogP contribution < -0.4 is 5.32 Å². The van der Waals surface area contributed by atoms with Crippen LogP contribution in [-0.4, -0.2) is 31.0 Å². The van der Waals surface area contributed by atoms with Crippen LogP contribution in [0.15, 0.2) is 0 Å². The number of hydrogen-bond acceptors (Lipinski definition) is 2. The fraction of sp³-hybridized carbons (Fsp3) is 1.00. The smallest absolute Gasteiger partial charge is 0.0935 e. The summed E-state index contributed by atoms with van der Waals surface area (Å²) in [6.07, 6.45) is 0.281. The van der Waals surface area contributed by atoms with Crippen LogP contribution in [0.3, 0.4) is 0 Å². The molecule has 1 heterocycles. The predicted molar refractivity (Wildman–Crippen MR) is 44.3 cm³/mol. The van der Waals surface area contributed by atoms with Crippen molar-refractivity contribution in [3.05, 3.63) is 0 Å². The van der Waals surface area contributed by atoms with Gasteiger partial charge in [-0.2, -0.15) is 0 Å². The second-order valence-corrected chi connectivity index (χ2v) is 2.57. The third-order valence-corrected chi connectivity index (χ3v) is 1.64. The first-order valence-corrected chi connectivity index (χ1v) is 4.27. The normalized spacial score (nSPS) is 30.5. The second-order valence-electron chi connectivity index (χ2n) is 2.57. The Balaban J connectivity index is 0.000000461. The largest absolute Gasteiger partial charge is 0.392 e. The molecule has 1 rings (SSSR count). The van der Waals surface area contributed by atoms with Crippen LogP contribution in [0.4, 0.5) is 4.39 Å². The van der Waals surface area contributed by atoms with Crippen molar-refractivity contribution in [2.24, 2.45) is 5.92 Å². The van der Waals surface area contributed by atoms with Crippen LogP contribution in [0.2, 0.25) is 0 Å². The van der Waals surface area contributed by atoms with Gasteiger partial charge in [-0.05, 0) is 6.42 Å². The molecule has 0 spiro atoms. The van der Waals surface area contributed by atoms with Crippen molar-refractivity contribution in [3.63, 3.8) is 0 Å². The van der Waals surface area contributed by atoms with Gasteiger partial charge in [0, 0.05) is 19.0 Å². The molecule has 0 amide bonds. The highest BCUT2D eigenvalue weighted by Gasteiger charge is 2.18. The minimum Gasteiger partial charge on any atom is -0.392 e. The van der Waals surface area contributed by atoms with Crippen LogP contribution in [0, 0.1) is 5.92 Å². The summed E-state index contributed by atoms with van der Waals surface area (Å²) in [6, 6.07) is 0. The minimum absolute atomic E-state index is 0.0359. The molecule has 3 heteroatoms. The lowest BCUT2D eigenvalue weighted by atomic mass is 9.99. The van der Waals surface area contributed by atoms with Crippen molar-refractivity contribution >= 4 is 0 Å². The van der Waals surface area contributed by atoms with Crippen molar-refractivity contribution in [1.29, 1.82) is 0 Å². The molecule has 0 radical (unpaired) electrons. The topological polar surface area (TPSA) is 32.3 Å². The fourth-order valence-corrected chi connectivity index (χ4v) is 1.12. The van der Waals surface area contributed by atoms with Crippen molar-refractivity contribution < 1.29 is 9.50 Å². The quantitative estimate of drug-likeness (QED) is 0.603. The summed E-state index contributed by atoms with van der Waals surface area (Å²) in [5, 5.41) is 11.9. The van der Waals surface area contributed by atoms with Gasteiger partial charge in [0.15, 0.2) is 0 Å². The van der Waals surface area contributed by atoms with Crippen molar-refractivity contribution in [2.45, 2.75) is 26.4 Å². The first-order chi connectivity index (χ1) is 5.33. The number of piperidine rings is 1. The van der Waals surface area contributed by atoms with E-state index in [9.17, 15) is 4.39 Å². The van der Waals surface area contributed by atoms with Crippen molar-refractivity contribution in [1.82, 2.24) is 5.32 Å². The van der Waals surface area contributed by atoms with Gasteiger partial charge >= 0.3 is 0 Å². The van der Waals surface area contributed by atoms with E-state index in [0.29, 0.717) is 19.5 Å². The zero-order chi connectivity index (χ0) is 8.69. The van der Waals surface area contributed by atoms with E-state index in [4.69, 9.17) is 5.11 Å². The molecule has 0 saturated carbocycles. The van der Waals surface area contributed by atoms with E-state index in [0.717, 1.165) is 0 Å². The summed E-state index contributed by atoms with van der Waals surface area (Å²) >= 11 is 0. The van der Waals surface area contributed by atoms with Gasteiger partial charge in [0.1, 0.15) is 0 Å². The SMILES string of the molecule is CC.OC1CNCC(CF)C1. The minimum atomic E-state index is -0.334. The van der Waals surface area contributed by atoms with Gasteiger partial charge in [0.25, 0.3) is 0 Å². The number of nitrogens with one attached hydrogen (secondary N) is 1. The Bertz CT molecular complexity index is 90.2. The third kappa shape index (κ3) is 4.32. The molecule has 11 heavy (non-hydrogen) atoms. The Morgan fingerprint density at radius 2 is 2.09 bits per heavy atom. The molecule has 1 aliphatic rings. The van der Waals surface area contributed by atoms with Gasteiger partial charge in [0.05, 0.1) is 12.8 Å². The standard InChI is InChI=1S/C6H12FNO.C2H6/c7-2-5-1-6(9)4-8-3-5;1-2/h5-6,8-9H,1-4H2;1-2H3. The fourth-order valence-electron chi connectivity index (χ4n) is 1.12. The molecule has 2 unspecified atom stereocenters. The zero-order valence-electron chi connectivity index (χ0n) is 7.31. The maximum absolute atomic E-state index is 11.9. The first kappa shape index (κ1) is 10.8. The average Bonchev–Trinajstić information content (AvgIpc) is 2.08. The second kappa shape index (κ2) is 6.55. The highest BCUT2D eigenvalue weighted by molar-refractivity contribution is 4.74. The van der Waals surface area contributed by atoms with Gasteiger partial charge in [-0.15, -0.1) is 0 Å². The molecule has 2 atom stereocenters. The highest BCUT2D eigenvalue weighted by Crippen LogP contribution is 2.10. The van der Waals surface area contributed by atoms with Crippen LogP contribution in [0.1, 0.15) is 20.3 Å². The molecular formula is C8H18FNO. The van der Waals surface area contributed by atoms with Gasteiger partial charge in [-0.25, -0.2) is 0 Å². The van der Waals surface area contributed by atoms with E-state index in [-0.39, 0.29) is 18.7 Å². The van der Waals surface area contributed by atoms with Gasteiger partial charge < -0.3 is 10.4 Å². The molecule has 1 saturated heterocycles. The molecule has 1 fully saturated rings. The number of β-amino-alcohol motifs (C(OH)–C–C–N with tert-alkyl or cyclic N) is 1. The monoisotopic (exact) mass is 163 g/mol. The lowest BCUT2D eigenvalue weighted by Gasteiger charge is -2.24. The number of halogens is 1. The van der Waals surface area contributed by atoms with Crippen molar-refractivity contribution in [2.75, 3.05) is 19.8 Å². The van der Waals surface area contributed by atoms with E-state index in [1.165, 1.54) is 0 Å². The molecule has 0 aromatic rings. The summed E-state index contributed by atoms with van der Waals surface area (Å²) in [5.41, 5.74) is 0. The summed E-state index contributed by atoms with van der Waals surface area (Å²) in [5.74, 6) is 0.0359. The van der Waals surface area contributed by atoms with Crippen molar-refractivity contribution in [3.8, 4) is 0 Å². The summed E-state index contributed by atoms with van der Waals surface area (Å²) in [4.78, 5) is 0. The molecule has 2 N–H and O–H groups in total. The van der Waals surface area contributed by atoms with Crippen LogP contribution >= 0.6 is 0 Å². The molecule has 68 valence electrons. The third-order valence-electron chi connectivity index (χ3n) is 1.64. The molecule has 0 aromatic heterocycles. The Labute approximate surface area is 67.8 Å². The van der Waals surface area contributed by atoms with Crippen LogP contribution in [0.25, 0.3) is 0 Å². The van der Waals surface area contributed by atoms with E-state index in [2.05, 4.69) is 5.32 Å². The molecule has 0 aromatic carbocycles. The lowest BCUT2D eigenvalue weighted by molar-refractivity contribution is 0.105. The summed E-state index contributed by atoms with van der Waals surface area (Å²) < 4.78 is 11.9. The average molecular weight is 163 g/mol. The lowest BCUT2D eigenvalue weighted by Crippen LogP contribution is -2.39. The van der Waals surface area contributed by atoms with Gasteiger partial charge in [-0.1, -0.05) is 13.8 Å². The number of aliphatic hydroxyl groups excluding tert-OH is 1. The zero-order valence-corrected chi connectivity index (χ0v) is 7.31. The van der Waals surface area contributed by atoms with E-state index < -0.39 is 0 Å². The number of aliphatic hydroxyl groups is 1. The van der Waals surface area contributed by atoms with Crippen LogP contribution in [-0.2, 0) is 0 Å². The molecule has 2 nitrogen and oxygen atoms in total. The Morgan fingerprint density at radius 1 is 1.45 bits per heavy atom. The van der Waals surface area contributed by atoms with E-state index in [1.54, 1.807) is 0 Å². The molecule has 0 bridgehead atoms. The maximum Gasteiger partial charge on any atom is 0.0935 e. The van der Waals surface area contributed by atoms with Gasteiger partial charge in [0.2, 0.25) is 0 Å². The Morgan fingerprint density at radius 3 is 2.45 bits per heavy atom. The highest BCUT2D eigenvalue weighted by atomic mass is 19.1. The number of rotatable bonds is 1. The molecular weight excluding hydrogens is 145 g/mol. The Kier molecular flexibility index (Phi) is 6.46. The summed E-state index contributed by atoms with van der Waals surface area (Å²) in [7, 11) is 0. The number of hydrogen-bond donors (Lipinski definition) is 2. The van der Waals surface area contributed by atoms with E-state index in [1.807, 2.05) is 13.8 Å². The Hall–Kier alpha value is -0.150. The predicted octanol–water partition coefficient (Wildman–Crippen LogP) is 0.952. The van der Waals surface area contributed by atoms with E-state index >= 15 is 0 Å². The molecule has 0 aliphatic carbocycles. The first-order valence-electron chi connectivity index (χ1n) is 4.27. The maximum atomic E-state index is 11.9. The number of alkyl halides is 1. The molecule has 1 aliphatic heterocycles. The van der Waals surface area contributed by atoms with Crippen LogP contribution in [0.5, 0.6) is 0 Å².